The van der Waals surface area contributed by atoms with Crippen molar-refractivity contribution in [1.29, 1.82) is 0 Å². The van der Waals surface area contributed by atoms with E-state index in [-0.39, 0.29) is 30.7 Å². The molecular weight excluding hydrogens is 359 g/mol. The number of anilines is 1. The van der Waals surface area contributed by atoms with Crippen LogP contribution in [0.25, 0.3) is 0 Å². The molecule has 0 aromatic carbocycles. The van der Waals surface area contributed by atoms with Crippen LogP contribution in [0.15, 0.2) is 22.1 Å². The van der Waals surface area contributed by atoms with Gasteiger partial charge in [-0.25, -0.2) is 4.98 Å². The summed E-state index contributed by atoms with van der Waals surface area (Å²) >= 11 is 1.65. The third-order valence-electron chi connectivity index (χ3n) is 3.55. The monoisotopic (exact) mass is 378 g/mol. The summed E-state index contributed by atoms with van der Waals surface area (Å²) in [4.78, 5) is 20.9. The van der Waals surface area contributed by atoms with Crippen LogP contribution in [0.3, 0.4) is 0 Å². The normalized spacial score (nSPS) is 14.2. The van der Waals surface area contributed by atoms with E-state index in [2.05, 4.69) is 9.88 Å². The number of nitrogens with zero attached hydrogens (tertiary/aromatic N) is 3. The number of halogens is 2. The van der Waals surface area contributed by atoms with Gasteiger partial charge in [0, 0.05) is 31.6 Å². The maximum Gasteiger partial charge on any atom is 0.257 e. The maximum absolute atomic E-state index is 12.4. The number of rotatable bonds is 3. The van der Waals surface area contributed by atoms with Gasteiger partial charge in [0.05, 0.1) is 17.8 Å². The molecule has 128 valence electrons. The Morgan fingerprint density at radius 3 is 2.57 bits per heavy atom. The van der Waals surface area contributed by atoms with Crippen molar-refractivity contribution < 1.29 is 9.21 Å². The van der Waals surface area contributed by atoms with E-state index in [1.165, 1.54) is 6.26 Å². The van der Waals surface area contributed by atoms with Crippen molar-refractivity contribution in [1.82, 2.24) is 9.88 Å². The van der Waals surface area contributed by atoms with Crippen molar-refractivity contribution in [3.8, 4) is 0 Å². The molecule has 6 nitrogen and oxygen atoms in total. The maximum atomic E-state index is 12.4. The second-order valence-corrected chi connectivity index (χ2v) is 5.89. The zero-order valence-electron chi connectivity index (χ0n) is 12.7. The van der Waals surface area contributed by atoms with E-state index < -0.39 is 0 Å². The summed E-state index contributed by atoms with van der Waals surface area (Å²) < 4.78 is 5.23. The second kappa shape index (κ2) is 8.54. The summed E-state index contributed by atoms with van der Waals surface area (Å²) in [6.45, 7) is 5.31. The highest BCUT2D eigenvalue weighted by Gasteiger charge is 2.24. The predicted molar refractivity (Wildman–Crippen MR) is 96.1 cm³/mol. The first kappa shape index (κ1) is 19.8. The lowest BCUT2D eigenvalue weighted by Gasteiger charge is -2.34. The summed E-state index contributed by atoms with van der Waals surface area (Å²) in [7, 11) is 0. The molecular formula is C14H20Cl2N4O2S. The first-order valence-corrected chi connectivity index (χ1v) is 7.79. The Morgan fingerprint density at radius 1 is 1.35 bits per heavy atom. The summed E-state index contributed by atoms with van der Waals surface area (Å²) in [5.41, 5.74) is 7.12. The number of piperazine rings is 1. The number of carbonyl (C=O) groups excluding carboxylic acids is 1. The topological polar surface area (TPSA) is 75.6 Å². The Hall–Kier alpha value is -1.28. The Bertz CT molecular complexity index is 638. The molecule has 2 N–H and O–H groups in total. The molecule has 1 saturated heterocycles. The highest BCUT2D eigenvalue weighted by molar-refractivity contribution is 7.13. The van der Waals surface area contributed by atoms with Gasteiger partial charge in [-0.05, 0) is 13.0 Å². The first-order chi connectivity index (χ1) is 10.2. The van der Waals surface area contributed by atoms with Crippen LogP contribution in [0.1, 0.15) is 21.8 Å². The number of hydrogen-bond donors (Lipinski definition) is 1. The van der Waals surface area contributed by atoms with Gasteiger partial charge in [0.2, 0.25) is 0 Å². The third-order valence-corrected chi connectivity index (χ3v) is 4.57. The molecule has 1 fully saturated rings. The van der Waals surface area contributed by atoms with Crippen LogP contribution < -0.4 is 10.6 Å². The zero-order valence-corrected chi connectivity index (χ0v) is 15.2. The standard InChI is InChI=1S/C14H18N4O2S.2ClH/c1-10-9-21-14(16-10)18-4-2-17(3-5-18)13(19)11-6-12(7-15)20-8-11;;/h6,8-9H,2-5,7,15H2,1H3;2*1H. The van der Waals surface area contributed by atoms with Gasteiger partial charge in [-0.15, -0.1) is 36.2 Å². The van der Waals surface area contributed by atoms with Gasteiger partial charge in [0.25, 0.3) is 5.91 Å². The molecule has 1 aliphatic rings. The summed E-state index contributed by atoms with van der Waals surface area (Å²) in [6.07, 6.45) is 1.49. The molecule has 2 aromatic heterocycles. The molecule has 9 heteroatoms. The van der Waals surface area contributed by atoms with E-state index in [0.717, 1.165) is 23.9 Å². The van der Waals surface area contributed by atoms with E-state index in [4.69, 9.17) is 10.2 Å². The van der Waals surface area contributed by atoms with Crippen LogP contribution in [0.2, 0.25) is 0 Å². The largest absolute Gasteiger partial charge is 0.467 e. The van der Waals surface area contributed by atoms with Crippen LogP contribution in [-0.2, 0) is 6.54 Å². The van der Waals surface area contributed by atoms with E-state index in [0.29, 0.717) is 31.0 Å². The quantitative estimate of drug-likeness (QED) is 0.886. The minimum atomic E-state index is 0. The van der Waals surface area contributed by atoms with Gasteiger partial charge in [0.15, 0.2) is 5.13 Å². The second-order valence-electron chi connectivity index (χ2n) is 5.06. The average molecular weight is 379 g/mol. The van der Waals surface area contributed by atoms with Crippen LogP contribution in [0, 0.1) is 6.92 Å². The third kappa shape index (κ3) is 4.38. The van der Waals surface area contributed by atoms with E-state index >= 15 is 0 Å². The minimum absolute atomic E-state index is 0. The van der Waals surface area contributed by atoms with Gasteiger partial charge in [-0.1, -0.05) is 0 Å². The van der Waals surface area contributed by atoms with Gasteiger partial charge in [-0.3, -0.25) is 4.79 Å². The highest BCUT2D eigenvalue weighted by atomic mass is 35.5. The Labute approximate surface area is 151 Å². The molecule has 0 spiro atoms. The zero-order chi connectivity index (χ0) is 14.8. The molecule has 0 aliphatic carbocycles. The number of nitrogens with two attached hydrogens (primary N) is 1. The van der Waals surface area contributed by atoms with Crippen molar-refractivity contribution in [3.63, 3.8) is 0 Å². The SMILES string of the molecule is Cc1csc(N2CCN(C(=O)c3coc(CN)c3)CC2)n1.Cl.Cl. The number of thiazole rings is 1. The van der Waals surface area contributed by atoms with Crippen LogP contribution >= 0.6 is 36.2 Å². The molecule has 1 amide bonds. The fourth-order valence-corrected chi connectivity index (χ4v) is 3.23. The van der Waals surface area contributed by atoms with Crippen LogP contribution in [0.4, 0.5) is 5.13 Å². The fourth-order valence-electron chi connectivity index (χ4n) is 2.37. The smallest absolute Gasteiger partial charge is 0.257 e. The fraction of sp³-hybridized carbons (Fsp3) is 0.429. The van der Waals surface area contributed by atoms with Crippen molar-refractivity contribution in [2.45, 2.75) is 13.5 Å². The Balaban J connectivity index is 0.00000132. The lowest BCUT2D eigenvalue weighted by molar-refractivity contribution is 0.0746. The molecule has 0 radical (unpaired) electrons. The number of aryl methyl sites for hydroxylation is 1. The summed E-state index contributed by atoms with van der Waals surface area (Å²) in [5.74, 6) is 0.642. The molecule has 23 heavy (non-hydrogen) atoms. The number of amides is 1. The van der Waals surface area contributed by atoms with E-state index in [1.54, 1.807) is 17.4 Å². The molecule has 2 aromatic rings. The average Bonchev–Trinajstić information content (AvgIpc) is 3.15. The van der Waals surface area contributed by atoms with E-state index in [9.17, 15) is 4.79 Å². The van der Waals surface area contributed by atoms with Crippen LogP contribution in [0.5, 0.6) is 0 Å². The molecule has 0 bridgehead atoms. The molecule has 0 unspecified atom stereocenters. The Kier molecular flexibility index (Phi) is 7.34. The van der Waals surface area contributed by atoms with Crippen LogP contribution in [-0.4, -0.2) is 42.0 Å². The van der Waals surface area contributed by atoms with Crippen molar-refractivity contribution >= 4 is 47.2 Å². The first-order valence-electron chi connectivity index (χ1n) is 6.91. The molecule has 3 heterocycles. The predicted octanol–water partition coefficient (Wildman–Crippen LogP) is 2.31. The lowest BCUT2D eigenvalue weighted by atomic mass is 10.2. The number of hydrogen-bond acceptors (Lipinski definition) is 6. The van der Waals surface area contributed by atoms with Gasteiger partial charge < -0.3 is 20.0 Å². The molecule has 3 rings (SSSR count). The number of carbonyl (C=O) groups is 1. The molecule has 0 saturated carbocycles. The van der Waals surface area contributed by atoms with Gasteiger partial charge >= 0.3 is 0 Å². The number of furan rings is 1. The van der Waals surface area contributed by atoms with Crippen molar-refractivity contribution in [2.24, 2.45) is 5.73 Å². The van der Waals surface area contributed by atoms with Gasteiger partial charge in [0.1, 0.15) is 12.0 Å². The lowest BCUT2D eigenvalue weighted by Crippen LogP contribution is -2.48. The Morgan fingerprint density at radius 2 is 2.04 bits per heavy atom. The molecule has 1 aliphatic heterocycles. The molecule has 0 atom stereocenters. The minimum Gasteiger partial charge on any atom is -0.467 e. The van der Waals surface area contributed by atoms with E-state index in [1.807, 2.05) is 17.2 Å². The van der Waals surface area contributed by atoms with Crippen molar-refractivity contribution in [2.75, 3.05) is 31.1 Å². The summed E-state index contributed by atoms with van der Waals surface area (Å²) in [5, 5.41) is 3.08. The number of aromatic nitrogens is 1. The van der Waals surface area contributed by atoms with Crippen molar-refractivity contribution in [3.05, 3.63) is 34.7 Å². The highest BCUT2D eigenvalue weighted by Crippen LogP contribution is 2.22. The summed E-state index contributed by atoms with van der Waals surface area (Å²) in [6, 6.07) is 1.72. The van der Waals surface area contributed by atoms with Gasteiger partial charge in [-0.2, -0.15) is 0 Å².